The van der Waals surface area contributed by atoms with E-state index in [9.17, 15) is 31.6 Å². The third-order valence-corrected chi connectivity index (χ3v) is 10.3. The third-order valence-electron chi connectivity index (χ3n) is 10.3. The second kappa shape index (κ2) is 14.0. The first-order valence-electron chi connectivity index (χ1n) is 17.5. The lowest BCUT2D eigenvalue weighted by Gasteiger charge is -2.32. The van der Waals surface area contributed by atoms with Gasteiger partial charge in [-0.3, -0.25) is 0 Å². The van der Waals surface area contributed by atoms with Crippen LogP contribution >= 0.6 is 0 Å². The molecular weight excluding hydrogens is 687 g/mol. The number of rotatable bonds is 6. The molecule has 1 spiro atoms. The van der Waals surface area contributed by atoms with Crippen LogP contribution in [0.5, 0.6) is 0 Å². The van der Waals surface area contributed by atoms with Gasteiger partial charge in [0, 0.05) is 17.1 Å². The van der Waals surface area contributed by atoms with E-state index in [2.05, 4.69) is 47.4 Å². The zero-order valence-corrected chi connectivity index (χ0v) is 29.6. The average molecular weight is 712 g/mol. The lowest BCUT2D eigenvalue weighted by atomic mass is 9.69. The summed E-state index contributed by atoms with van der Waals surface area (Å²) >= 11 is 0. The van der Waals surface area contributed by atoms with Gasteiger partial charge >= 0.3 is 0 Å². The van der Waals surface area contributed by atoms with E-state index < -0.39 is 5.41 Å². The van der Waals surface area contributed by atoms with Gasteiger partial charge in [0.05, 0.1) is 5.41 Å². The van der Waals surface area contributed by atoms with Crippen LogP contribution in [0, 0.1) is 68.0 Å². The highest BCUT2D eigenvalue weighted by molar-refractivity contribution is 5.97. The van der Waals surface area contributed by atoms with Crippen molar-refractivity contribution in [3.05, 3.63) is 189 Å². The number of anilines is 3. The lowest BCUT2D eigenvalue weighted by molar-refractivity contribution is 0.793. The molecule has 256 valence electrons. The molecule has 0 aliphatic heterocycles. The second-order valence-corrected chi connectivity index (χ2v) is 13.2. The highest BCUT2D eigenvalue weighted by Gasteiger charge is 2.52. The van der Waals surface area contributed by atoms with Crippen LogP contribution < -0.4 is 4.90 Å². The monoisotopic (exact) mass is 711 g/mol. The first-order valence-corrected chi connectivity index (χ1v) is 17.5. The van der Waals surface area contributed by atoms with Crippen LogP contribution in [-0.4, -0.2) is 0 Å². The van der Waals surface area contributed by atoms with Crippen LogP contribution in [0.1, 0.15) is 38.9 Å². The normalized spacial score (nSPS) is 11.6. The average Bonchev–Trinajstić information content (AvgIpc) is 3.70. The van der Waals surface area contributed by atoms with Crippen molar-refractivity contribution in [2.75, 3.05) is 4.90 Å². The van der Waals surface area contributed by atoms with Crippen molar-refractivity contribution in [2.24, 2.45) is 0 Å². The van der Waals surface area contributed by atoms with E-state index in [-0.39, 0.29) is 16.7 Å². The second-order valence-electron chi connectivity index (χ2n) is 13.2. The van der Waals surface area contributed by atoms with Crippen LogP contribution in [0.25, 0.3) is 40.5 Å². The molecule has 2 aliphatic carbocycles. The Morgan fingerprint density at radius 1 is 0.375 bits per heavy atom. The first-order chi connectivity index (χ1) is 27.5. The lowest BCUT2D eigenvalue weighted by Crippen LogP contribution is -2.26. The predicted octanol–water partition coefficient (Wildman–Crippen LogP) is 10.8. The van der Waals surface area contributed by atoms with Crippen molar-refractivity contribution in [1.29, 1.82) is 31.6 Å². The molecule has 0 heterocycles. The highest BCUT2D eigenvalue weighted by atomic mass is 15.1. The van der Waals surface area contributed by atoms with Crippen molar-refractivity contribution < 1.29 is 0 Å². The van der Waals surface area contributed by atoms with Crippen LogP contribution in [0.4, 0.5) is 17.1 Å². The molecule has 6 aromatic carbocycles. The third kappa shape index (κ3) is 5.48. The summed E-state index contributed by atoms with van der Waals surface area (Å²) in [5.74, 6) is 0. The van der Waals surface area contributed by atoms with Crippen molar-refractivity contribution in [1.82, 2.24) is 0 Å². The molecule has 0 fully saturated rings. The molecule has 0 aromatic heterocycles. The molecule has 8 rings (SSSR count). The summed E-state index contributed by atoms with van der Waals surface area (Å²) in [6.07, 6.45) is 4.72. The molecule has 0 N–H and O–H groups in total. The van der Waals surface area contributed by atoms with Gasteiger partial charge in [-0.1, -0.05) is 78.9 Å². The molecule has 56 heavy (non-hydrogen) atoms. The highest BCUT2D eigenvalue weighted by Crippen LogP contribution is 2.64. The van der Waals surface area contributed by atoms with Gasteiger partial charge in [-0.05, 0) is 134 Å². The Balaban J connectivity index is 1.51. The molecule has 0 atom stereocenters. The fourth-order valence-electron chi connectivity index (χ4n) is 8.05. The number of benzene rings is 6. The van der Waals surface area contributed by atoms with Gasteiger partial charge in [0.1, 0.15) is 53.1 Å². The van der Waals surface area contributed by atoms with Gasteiger partial charge in [-0.25, -0.2) is 0 Å². The Morgan fingerprint density at radius 3 is 1.04 bits per heavy atom. The largest absolute Gasteiger partial charge is 0.310 e. The van der Waals surface area contributed by atoms with Gasteiger partial charge in [0.2, 0.25) is 0 Å². The van der Waals surface area contributed by atoms with E-state index in [1.165, 1.54) is 0 Å². The van der Waals surface area contributed by atoms with Gasteiger partial charge in [-0.15, -0.1) is 0 Å². The molecule has 6 aromatic rings. The minimum absolute atomic E-state index is 0.0358. The standard InChI is InChI=1S/C49H25N7/c50-26-35(27-51)19-32-11-15-41-42-16-12-33(20-36(28-52)29-53)23-46(42)49(45(41)22-32)47-24-34(21-37(30-54)31-55)13-17-43(47)44-18-14-40(25-48(44)49)56(38-7-3-1-4-8-38)39-9-5-2-6-10-39/h1-25H. The van der Waals surface area contributed by atoms with Crippen LogP contribution in [0.15, 0.2) is 150 Å². The Hall–Kier alpha value is -8.72. The zero-order valence-electron chi connectivity index (χ0n) is 29.6. The van der Waals surface area contributed by atoms with Crippen LogP contribution in [-0.2, 0) is 5.41 Å². The molecule has 0 bridgehead atoms. The number of para-hydroxylation sites is 2. The topological polar surface area (TPSA) is 146 Å². The van der Waals surface area contributed by atoms with E-state index in [0.717, 1.165) is 61.6 Å². The van der Waals surface area contributed by atoms with E-state index >= 15 is 0 Å². The maximum absolute atomic E-state index is 9.70. The molecule has 0 radical (unpaired) electrons. The molecule has 7 nitrogen and oxygen atoms in total. The summed E-state index contributed by atoms with van der Waals surface area (Å²) < 4.78 is 0. The quantitative estimate of drug-likeness (QED) is 0.156. The SMILES string of the molecule is N#CC(C#N)=Cc1ccc2c(c1)C1(c3cc(C=C(C#N)C#N)ccc3-2)c2cc(C=C(C#N)C#N)ccc2-c2ccc(N(c3ccccc3)c3ccccc3)cc21. The summed E-state index contributed by atoms with van der Waals surface area (Å²) in [4.78, 5) is 2.20. The summed E-state index contributed by atoms with van der Waals surface area (Å²) in [5.41, 5.74) is 11.2. The Kier molecular flexibility index (Phi) is 8.60. The predicted molar refractivity (Wildman–Crippen MR) is 215 cm³/mol. The van der Waals surface area contributed by atoms with Gasteiger partial charge in [0.25, 0.3) is 0 Å². The van der Waals surface area contributed by atoms with Gasteiger partial charge < -0.3 is 4.90 Å². The molecule has 0 amide bonds. The number of nitriles is 6. The molecule has 0 unspecified atom stereocenters. The summed E-state index contributed by atoms with van der Waals surface area (Å²) in [5, 5.41) is 58.2. The summed E-state index contributed by atoms with van der Waals surface area (Å²) in [7, 11) is 0. The van der Waals surface area contributed by atoms with Crippen LogP contribution in [0.2, 0.25) is 0 Å². The van der Waals surface area contributed by atoms with Gasteiger partial charge in [-0.2, -0.15) is 31.6 Å². The zero-order chi connectivity index (χ0) is 38.8. The minimum Gasteiger partial charge on any atom is -0.310 e. The van der Waals surface area contributed by atoms with E-state index in [0.29, 0.717) is 16.7 Å². The Bertz CT molecular complexity index is 2730. The van der Waals surface area contributed by atoms with Gasteiger partial charge in [0.15, 0.2) is 0 Å². The Morgan fingerprint density at radius 2 is 0.696 bits per heavy atom. The smallest absolute Gasteiger partial charge is 0.130 e. The van der Waals surface area contributed by atoms with Crippen molar-refractivity contribution in [3.8, 4) is 58.7 Å². The number of nitrogens with zero attached hydrogens (tertiary/aromatic N) is 7. The van der Waals surface area contributed by atoms with E-state index in [1.807, 2.05) is 127 Å². The summed E-state index contributed by atoms with van der Waals surface area (Å²) in [6, 6.07) is 56.3. The minimum atomic E-state index is -1.000. The van der Waals surface area contributed by atoms with Crippen molar-refractivity contribution >= 4 is 35.3 Å². The van der Waals surface area contributed by atoms with Crippen LogP contribution in [0.3, 0.4) is 0 Å². The maximum Gasteiger partial charge on any atom is 0.130 e. The molecule has 2 aliphatic rings. The maximum atomic E-state index is 9.70. The van der Waals surface area contributed by atoms with Crippen molar-refractivity contribution in [3.63, 3.8) is 0 Å². The molecule has 0 saturated carbocycles. The fourth-order valence-corrected chi connectivity index (χ4v) is 8.05. The summed E-state index contributed by atoms with van der Waals surface area (Å²) in [6.45, 7) is 0. The fraction of sp³-hybridized carbons (Fsp3) is 0.0204. The van der Waals surface area contributed by atoms with E-state index in [4.69, 9.17) is 0 Å². The number of hydrogen-bond acceptors (Lipinski definition) is 7. The Labute approximate surface area is 323 Å². The molecule has 0 saturated heterocycles. The molecular formula is C49H25N7. The first kappa shape index (κ1) is 34.4. The van der Waals surface area contributed by atoms with E-state index in [1.54, 1.807) is 18.2 Å². The van der Waals surface area contributed by atoms with Crippen molar-refractivity contribution in [2.45, 2.75) is 5.41 Å². The number of hydrogen-bond donors (Lipinski definition) is 0. The number of allylic oxidation sites excluding steroid dienone is 3. The number of fused-ring (bicyclic) bond motifs is 10. The molecule has 7 heteroatoms.